The maximum atomic E-state index is 11.1. The second-order valence-corrected chi connectivity index (χ2v) is 7.58. The molecule has 0 amide bonds. The molecule has 0 unspecified atom stereocenters. The van der Waals surface area contributed by atoms with Gasteiger partial charge in [-0.25, -0.2) is 0 Å². The minimum atomic E-state index is -0.670. The Morgan fingerprint density at radius 2 is 2.20 bits per heavy atom. The van der Waals surface area contributed by atoms with Gasteiger partial charge in [0.1, 0.15) is 5.75 Å². The fourth-order valence-corrected chi connectivity index (χ4v) is 4.31. The molecule has 0 aliphatic carbocycles. The third kappa shape index (κ3) is 2.65. The van der Waals surface area contributed by atoms with E-state index in [1.807, 2.05) is 36.1 Å². The molecule has 2 atom stereocenters. The second-order valence-electron chi connectivity index (χ2n) is 6.28. The first-order valence-corrected chi connectivity index (χ1v) is 8.91. The van der Waals surface area contributed by atoms with Crippen LogP contribution in [0.4, 0.5) is 11.4 Å². The van der Waals surface area contributed by atoms with Gasteiger partial charge >= 0.3 is 0 Å². The first-order chi connectivity index (χ1) is 11.9. The van der Waals surface area contributed by atoms with Crippen molar-refractivity contribution in [3.63, 3.8) is 0 Å². The third-order valence-electron chi connectivity index (χ3n) is 4.53. The average Bonchev–Trinajstić information content (AvgIpc) is 2.53. The van der Waals surface area contributed by atoms with E-state index in [-0.39, 0.29) is 11.7 Å². The number of anilines is 1. The first kappa shape index (κ1) is 16.3. The van der Waals surface area contributed by atoms with Crippen LogP contribution in [0.1, 0.15) is 24.9 Å². The molecule has 1 saturated heterocycles. The van der Waals surface area contributed by atoms with E-state index in [1.54, 1.807) is 12.1 Å². The molecule has 2 aromatic rings. The molecule has 2 aliphatic rings. The first-order valence-electron chi connectivity index (χ1n) is 7.71. The Kier molecular flexibility index (Phi) is 3.69. The second kappa shape index (κ2) is 5.67. The predicted octanol–water partition coefficient (Wildman–Crippen LogP) is 4.29. The number of hydrogen-bond acceptors (Lipinski definition) is 4. The zero-order valence-corrected chi connectivity index (χ0v) is 15.6. The summed E-state index contributed by atoms with van der Waals surface area (Å²) in [4.78, 5) is 12.6. The van der Waals surface area contributed by atoms with E-state index in [2.05, 4.69) is 21.2 Å². The molecular weight excluding hydrogens is 406 g/mol. The van der Waals surface area contributed by atoms with Gasteiger partial charge in [0.15, 0.2) is 10.8 Å². The monoisotopic (exact) mass is 419 g/mol. The van der Waals surface area contributed by atoms with E-state index in [9.17, 15) is 10.1 Å². The van der Waals surface area contributed by atoms with Gasteiger partial charge in [0.05, 0.1) is 11.0 Å². The number of ether oxygens (including phenoxy) is 1. The summed E-state index contributed by atoms with van der Waals surface area (Å²) in [5, 5.41) is 14.9. The lowest BCUT2D eigenvalue weighted by Crippen LogP contribution is -2.65. The molecular formula is C17H14BrN3O3S. The van der Waals surface area contributed by atoms with E-state index in [4.69, 9.17) is 17.0 Å². The van der Waals surface area contributed by atoms with E-state index in [0.717, 1.165) is 15.7 Å². The Morgan fingerprint density at radius 3 is 2.92 bits per heavy atom. The highest BCUT2D eigenvalue weighted by molar-refractivity contribution is 9.10. The number of nitrogens with zero attached hydrogens (tertiary/aromatic N) is 2. The fraction of sp³-hybridized carbons (Fsp3) is 0.235. The molecule has 128 valence electrons. The van der Waals surface area contributed by atoms with Crippen molar-refractivity contribution >= 4 is 44.6 Å². The average molecular weight is 420 g/mol. The van der Waals surface area contributed by atoms with E-state index in [1.165, 1.54) is 6.07 Å². The molecule has 2 heterocycles. The Bertz CT molecular complexity index is 906. The van der Waals surface area contributed by atoms with Crippen LogP contribution in [-0.4, -0.2) is 15.8 Å². The van der Waals surface area contributed by atoms with Crippen molar-refractivity contribution in [1.82, 2.24) is 5.32 Å². The number of benzene rings is 2. The van der Waals surface area contributed by atoms with E-state index in [0.29, 0.717) is 17.3 Å². The minimum absolute atomic E-state index is 0.0492. The maximum absolute atomic E-state index is 11.1. The van der Waals surface area contributed by atoms with Gasteiger partial charge in [0.25, 0.3) is 5.69 Å². The van der Waals surface area contributed by atoms with Crippen molar-refractivity contribution in [3.05, 3.63) is 62.6 Å². The summed E-state index contributed by atoms with van der Waals surface area (Å²) < 4.78 is 7.21. The lowest BCUT2D eigenvalue weighted by Gasteiger charge is -2.52. The summed E-state index contributed by atoms with van der Waals surface area (Å²) in [5.74, 6) is 0.638. The highest BCUT2D eigenvalue weighted by Crippen LogP contribution is 2.46. The van der Waals surface area contributed by atoms with Gasteiger partial charge in [-0.1, -0.05) is 22.0 Å². The molecule has 2 aromatic carbocycles. The van der Waals surface area contributed by atoms with Gasteiger partial charge in [-0.2, -0.15) is 0 Å². The van der Waals surface area contributed by atoms with Crippen molar-refractivity contribution in [2.24, 2.45) is 0 Å². The number of halogens is 1. The Labute approximate surface area is 158 Å². The van der Waals surface area contributed by atoms with Crippen LogP contribution < -0.4 is 15.0 Å². The lowest BCUT2D eigenvalue weighted by atomic mass is 9.90. The standard InChI is InChI=1S/C17H14BrN3O3S/c1-17-9-14(13-8-12(21(22)23)5-6-15(13)24-17)19-16(25)20(17)11-4-2-3-10(18)7-11/h2-8,14H,9H2,1H3,(H,19,25)/t14-,17-/m1/s1. The molecule has 8 heteroatoms. The van der Waals surface area contributed by atoms with Crippen LogP contribution in [0.5, 0.6) is 5.75 Å². The third-order valence-corrected chi connectivity index (χ3v) is 5.33. The Hall–Kier alpha value is -2.19. The molecule has 6 nitrogen and oxygen atoms in total. The largest absolute Gasteiger partial charge is 0.467 e. The predicted molar refractivity (Wildman–Crippen MR) is 102 cm³/mol. The van der Waals surface area contributed by atoms with Crippen molar-refractivity contribution < 1.29 is 9.66 Å². The van der Waals surface area contributed by atoms with Crippen LogP contribution >= 0.6 is 28.1 Å². The molecule has 0 saturated carbocycles. The zero-order valence-electron chi connectivity index (χ0n) is 13.2. The minimum Gasteiger partial charge on any atom is -0.467 e. The maximum Gasteiger partial charge on any atom is 0.270 e. The quantitative estimate of drug-likeness (QED) is 0.444. The molecule has 2 bridgehead atoms. The normalized spacial score (nSPS) is 24.2. The molecule has 0 spiro atoms. The smallest absolute Gasteiger partial charge is 0.270 e. The molecule has 1 fully saturated rings. The van der Waals surface area contributed by atoms with Gasteiger partial charge in [0.2, 0.25) is 0 Å². The topological polar surface area (TPSA) is 67.6 Å². The van der Waals surface area contributed by atoms with Crippen LogP contribution in [0.25, 0.3) is 0 Å². The molecule has 0 radical (unpaired) electrons. The SMILES string of the molecule is C[C@@]12C[C@@H](NC(=S)N1c1cccc(Br)c1)c1cc([N+](=O)[O-])ccc1O2. The number of non-ortho nitro benzene ring substituents is 1. The van der Waals surface area contributed by atoms with E-state index < -0.39 is 10.6 Å². The van der Waals surface area contributed by atoms with Crippen molar-refractivity contribution in [2.45, 2.75) is 25.1 Å². The van der Waals surface area contributed by atoms with Crippen molar-refractivity contribution in [3.8, 4) is 5.75 Å². The summed E-state index contributed by atoms with van der Waals surface area (Å²) >= 11 is 9.06. The summed E-state index contributed by atoms with van der Waals surface area (Å²) in [6.07, 6.45) is 0.619. The molecule has 0 aromatic heterocycles. The zero-order chi connectivity index (χ0) is 17.8. The number of rotatable bonds is 2. The highest BCUT2D eigenvalue weighted by atomic mass is 79.9. The highest BCUT2D eigenvalue weighted by Gasteiger charge is 2.48. The van der Waals surface area contributed by atoms with Crippen LogP contribution in [0.3, 0.4) is 0 Å². The number of thiocarbonyl (C=S) groups is 1. The molecule has 4 rings (SSSR count). The van der Waals surface area contributed by atoms with Crippen LogP contribution in [0.2, 0.25) is 0 Å². The number of nitro groups is 1. The summed E-state index contributed by atoms with van der Waals surface area (Å²) in [6.45, 7) is 1.98. The van der Waals surface area contributed by atoms with Crippen LogP contribution in [0, 0.1) is 10.1 Å². The van der Waals surface area contributed by atoms with Crippen LogP contribution in [0.15, 0.2) is 46.9 Å². The summed E-state index contributed by atoms with van der Waals surface area (Å²) in [5.41, 5.74) is 1.06. The summed E-state index contributed by atoms with van der Waals surface area (Å²) in [6, 6.07) is 12.4. The Morgan fingerprint density at radius 1 is 1.40 bits per heavy atom. The number of nitro benzene ring substituents is 1. The number of fused-ring (bicyclic) bond motifs is 4. The van der Waals surface area contributed by atoms with Gasteiger partial charge < -0.3 is 10.1 Å². The van der Waals surface area contributed by atoms with Gasteiger partial charge in [0, 0.05) is 34.3 Å². The van der Waals surface area contributed by atoms with Gasteiger partial charge in [-0.15, -0.1) is 0 Å². The van der Waals surface area contributed by atoms with Crippen molar-refractivity contribution in [2.75, 3.05) is 4.90 Å². The fourth-order valence-electron chi connectivity index (χ4n) is 3.48. The molecule has 25 heavy (non-hydrogen) atoms. The Balaban J connectivity index is 1.79. The number of hydrogen-bond donors (Lipinski definition) is 1. The molecule has 1 N–H and O–H groups in total. The van der Waals surface area contributed by atoms with E-state index >= 15 is 0 Å². The lowest BCUT2D eigenvalue weighted by molar-refractivity contribution is -0.385. The number of nitrogens with one attached hydrogen (secondary N) is 1. The van der Waals surface area contributed by atoms with Crippen molar-refractivity contribution in [1.29, 1.82) is 0 Å². The summed E-state index contributed by atoms with van der Waals surface area (Å²) in [7, 11) is 0. The van der Waals surface area contributed by atoms with Gasteiger partial charge in [-0.3, -0.25) is 15.0 Å². The van der Waals surface area contributed by atoms with Crippen LogP contribution in [-0.2, 0) is 0 Å². The molecule has 2 aliphatic heterocycles. The van der Waals surface area contributed by atoms with Gasteiger partial charge in [-0.05, 0) is 43.4 Å².